The summed E-state index contributed by atoms with van der Waals surface area (Å²) in [4.78, 5) is 0. The van der Waals surface area contributed by atoms with Gasteiger partial charge in [-0.15, -0.1) is 0 Å². The van der Waals surface area contributed by atoms with Crippen molar-refractivity contribution in [2.24, 2.45) is 0 Å². The number of fused-ring (bicyclic) bond motifs is 3. The van der Waals surface area contributed by atoms with Gasteiger partial charge in [0.25, 0.3) is 0 Å². The lowest BCUT2D eigenvalue weighted by atomic mass is 9.95. The van der Waals surface area contributed by atoms with Crippen LogP contribution in [0.25, 0.3) is 21.9 Å². The van der Waals surface area contributed by atoms with Gasteiger partial charge in [0.1, 0.15) is 11.2 Å². The quantitative estimate of drug-likeness (QED) is 0.657. The molecule has 1 N–H and O–H groups in total. The highest BCUT2D eigenvalue weighted by Gasteiger charge is 2.20. The average molecular weight is 289 g/mol. The van der Waals surface area contributed by atoms with E-state index in [1.807, 2.05) is 6.20 Å². The Morgan fingerprint density at radius 2 is 1.73 bits per heavy atom. The third-order valence-corrected chi connectivity index (χ3v) is 4.48. The second-order valence-corrected chi connectivity index (χ2v) is 6.11. The molecule has 0 saturated heterocycles. The topological polar surface area (TPSA) is 25.2 Å². The molecule has 1 aliphatic heterocycles. The zero-order valence-electron chi connectivity index (χ0n) is 13.1. The first-order valence-corrected chi connectivity index (χ1v) is 7.67. The van der Waals surface area contributed by atoms with E-state index >= 15 is 0 Å². The van der Waals surface area contributed by atoms with Crippen LogP contribution in [0.4, 0.5) is 0 Å². The number of benzene rings is 2. The second-order valence-electron chi connectivity index (χ2n) is 6.11. The number of rotatable bonds is 1. The Kier molecular flexibility index (Phi) is 2.86. The number of hydrogen-bond donors (Lipinski definition) is 1. The molecule has 3 aromatic rings. The van der Waals surface area contributed by atoms with Crippen LogP contribution in [0, 0.1) is 13.8 Å². The van der Waals surface area contributed by atoms with Crippen molar-refractivity contribution in [3.63, 3.8) is 0 Å². The monoisotopic (exact) mass is 289 g/mol. The van der Waals surface area contributed by atoms with Gasteiger partial charge in [0.05, 0.1) is 6.04 Å². The first-order chi connectivity index (χ1) is 10.6. The third-order valence-electron chi connectivity index (χ3n) is 4.48. The summed E-state index contributed by atoms with van der Waals surface area (Å²) in [6, 6.07) is 10.9. The van der Waals surface area contributed by atoms with Crippen LogP contribution in [0.15, 0.2) is 58.7 Å². The number of allylic oxidation sites excluding steroid dienone is 2. The maximum Gasteiger partial charge on any atom is 0.141 e. The summed E-state index contributed by atoms with van der Waals surface area (Å²) in [6.07, 6.45) is 6.36. The zero-order chi connectivity index (χ0) is 15.3. The molecule has 0 radical (unpaired) electrons. The summed E-state index contributed by atoms with van der Waals surface area (Å²) in [5.74, 6) is 0. The van der Waals surface area contributed by atoms with E-state index in [4.69, 9.17) is 4.42 Å². The van der Waals surface area contributed by atoms with Crippen LogP contribution in [-0.2, 0) is 0 Å². The first kappa shape index (κ1) is 13.2. The highest BCUT2D eigenvalue weighted by atomic mass is 16.3. The van der Waals surface area contributed by atoms with Gasteiger partial charge in [0.15, 0.2) is 0 Å². The lowest BCUT2D eigenvalue weighted by Gasteiger charge is -2.20. The molecule has 1 aliphatic rings. The van der Waals surface area contributed by atoms with E-state index in [0.717, 1.165) is 11.2 Å². The SMILES string of the molecule is CC1=CC(c2c(C)ccc3c2oc2c(C)cccc23)NC=C1. The van der Waals surface area contributed by atoms with Gasteiger partial charge < -0.3 is 9.73 Å². The highest BCUT2D eigenvalue weighted by molar-refractivity contribution is 6.07. The molecule has 4 rings (SSSR count). The highest BCUT2D eigenvalue weighted by Crippen LogP contribution is 2.37. The summed E-state index contributed by atoms with van der Waals surface area (Å²) in [5.41, 5.74) is 6.93. The lowest BCUT2D eigenvalue weighted by molar-refractivity contribution is 0.643. The van der Waals surface area contributed by atoms with Gasteiger partial charge in [-0.2, -0.15) is 0 Å². The van der Waals surface area contributed by atoms with Gasteiger partial charge in [0.2, 0.25) is 0 Å². The Morgan fingerprint density at radius 3 is 2.55 bits per heavy atom. The van der Waals surface area contributed by atoms with E-state index in [9.17, 15) is 0 Å². The van der Waals surface area contributed by atoms with Crippen LogP contribution >= 0.6 is 0 Å². The van der Waals surface area contributed by atoms with E-state index in [0.29, 0.717) is 0 Å². The minimum Gasteiger partial charge on any atom is -0.455 e. The number of aryl methyl sites for hydroxylation is 2. The maximum absolute atomic E-state index is 6.29. The predicted molar refractivity (Wildman–Crippen MR) is 92.0 cm³/mol. The van der Waals surface area contributed by atoms with Crippen molar-refractivity contribution in [1.82, 2.24) is 5.32 Å². The van der Waals surface area contributed by atoms with Crippen LogP contribution < -0.4 is 5.32 Å². The van der Waals surface area contributed by atoms with Crippen molar-refractivity contribution in [3.05, 3.63) is 70.9 Å². The molecule has 2 aromatic carbocycles. The molecular weight excluding hydrogens is 270 g/mol. The maximum atomic E-state index is 6.29. The Morgan fingerprint density at radius 1 is 0.909 bits per heavy atom. The molecule has 2 heterocycles. The van der Waals surface area contributed by atoms with E-state index in [2.05, 4.69) is 68.6 Å². The molecule has 2 heteroatoms. The molecule has 0 bridgehead atoms. The summed E-state index contributed by atoms with van der Waals surface area (Å²) in [6.45, 7) is 6.38. The van der Waals surface area contributed by atoms with Crippen molar-refractivity contribution in [3.8, 4) is 0 Å². The molecule has 2 nitrogen and oxygen atoms in total. The van der Waals surface area contributed by atoms with Crippen molar-refractivity contribution in [2.45, 2.75) is 26.8 Å². The molecule has 0 aliphatic carbocycles. The fraction of sp³-hybridized carbons (Fsp3) is 0.200. The number of dihydropyridines is 1. The van der Waals surface area contributed by atoms with E-state index < -0.39 is 0 Å². The van der Waals surface area contributed by atoms with Gasteiger partial charge >= 0.3 is 0 Å². The van der Waals surface area contributed by atoms with Gasteiger partial charge in [-0.25, -0.2) is 0 Å². The van der Waals surface area contributed by atoms with Gasteiger partial charge in [0, 0.05) is 16.3 Å². The molecule has 1 atom stereocenters. The minimum absolute atomic E-state index is 0.162. The summed E-state index contributed by atoms with van der Waals surface area (Å²) < 4.78 is 6.29. The zero-order valence-corrected chi connectivity index (χ0v) is 13.1. The molecule has 1 unspecified atom stereocenters. The summed E-state index contributed by atoms with van der Waals surface area (Å²) in [7, 11) is 0. The molecule has 0 spiro atoms. The van der Waals surface area contributed by atoms with Crippen LogP contribution in [0.2, 0.25) is 0 Å². The molecular formula is C20H19NO. The predicted octanol–water partition coefficient (Wildman–Crippen LogP) is 5.31. The largest absolute Gasteiger partial charge is 0.455 e. The normalized spacial score (nSPS) is 17.8. The lowest BCUT2D eigenvalue weighted by Crippen LogP contribution is -2.17. The van der Waals surface area contributed by atoms with Crippen LogP contribution in [0.5, 0.6) is 0 Å². The molecule has 0 fully saturated rings. The molecule has 0 saturated carbocycles. The Labute approximate surface area is 130 Å². The molecule has 110 valence electrons. The van der Waals surface area contributed by atoms with Gasteiger partial charge in [-0.05, 0) is 44.2 Å². The van der Waals surface area contributed by atoms with E-state index in [1.165, 1.54) is 33.0 Å². The van der Waals surface area contributed by atoms with Gasteiger partial charge in [-0.1, -0.05) is 42.0 Å². The van der Waals surface area contributed by atoms with Crippen LogP contribution in [0.1, 0.15) is 29.7 Å². The standard InChI is InChI=1S/C20H19NO/c1-12-9-10-21-17(11-12)18-13(2)7-8-16-15-6-4-5-14(3)19(15)22-20(16)18/h4-11,17,21H,1-3H3. The smallest absolute Gasteiger partial charge is 0.141 e. The van der Waals surface area contributed by atoms with Crippen molar-refractivity contribution < 1.29 is 4.42 Å². The van der Waals surface area contributed by atoms with E-state index in [1.54, 1.807) is 0 Å². The van der Waals surface area contributed by atoms with Crippen molar-refractivity contribution >= 4 is 21.9 Å². The van der Waals surface area contributed by atoms with Crippen molar-refractivity contribution in [2.75, 3.05) is 0 Å². The minimum atomic E-state index is 0.162. The molecule has 1 aromatic heterocycles. The third kappa shape index (κ3) is 1.87. The molecule has 0 amide bonds. The Bertz CT molecular complexity index is 943. The Balaban J connectivity index is 2.05. The fourth-order valence-corrected chi connectivity index (χ4v) is 3.33. The second kappa shape index (κ2) is 4.77. The molecule has 22 heavy (non-hydrogen) atoms. The van der Waals surface area contributed by atoms with Crippen LogP contribution in [-0.4, -0.2) is 0 Å². The first-order valence-electron chi connectivity index (χ1n) is 7.67. The number of nitrogens with one attached hydrogen (secondary N) is 1. The fourth-order valence-electron chi connectivity index (χ4n) is 3.33. The summed E-state index contributed by atoms with van der Waals surface area (Å²) >= 11 is 0. The number of furan rings is 1. The number of hydrogen-bond acceptors (Lipinski definition) is 2. The van der Waals surface area contributed by atoms with E-state index in [-0.39, 0.29) is 6.04 Å². The van der Waals surface area contributed by atoms with Crippen molar-refractivity contribution in [1.29, 1.82) is 0 Å². The number of para-hydroxylation sites is 1. The van der Waals surface area contributed by atoms with Gasteiger partial charge in [-0.3, -0.25) is 0 Å². The average Bonchev–Trinajstić information content (AvgIpc) is 2.87. The van der Waals surface area contributed by atoms with Crippen LogP contribution in [0.3, 0.4) is 0 Å². The Hall–Kier alpha value is -2.48. The summed E-state index contributed by atoms with van der Waals surface area (Å²) in [5, 5.41) is 5.83.